The van der Waals surface area contributed by atoms with E-state index in [1.807, 2.05) is 17.1 Å². The van der Waals surface area contributed by atoms with E-state index >= 15 is 0 Å². The van der Waals surface area contributed by atoms with E-state index in [9.17, 15) is 0 Å². The molecule has 1 aliphatic rings. The number of piperidine rings is 1. The zero-order valence-corrected chi connectivity index (χ0v) is 18.4. The fraction of sp³-hybridized carbons (Fsp3) is 0.364. The molecule has 1 fully saturated rings. The van der Waals surface area contributed by atoms with Crippen LogP contribution in [0.15, 0.2) is 58.5 Å². The van der Waals surface area contributed by atoms with Crippen molar-refractivity contribution >= 4 is 29.1 Å². The van der Waals surface area contributed by atoms with Crippen LogP contribution in [0.4, 0.5) is 5.82 Å². The molecule has 3 aromatic rings. The van der Waals surface area contributed by atoms with E-state index in [2.05, 4.69) is 69.8 Å². The Hall–Kier alpha value is -2.09. The van der Waals surface area contributed by atoms with Crippen LogP contribution >= 0.6 is 23.3 Å². The van der Waals surface area contributed by atoms with Crippen molar-refractivity contribution in [3.8, 4) is 5.75 Å². The van der Waals surface area contributed by atoms with E-state index in [1.165, 1.54) is 17.5 Å². The Morgan fingerprint density at radius 3 is 2.69 bits per heavy atom. The minimum Gasteiger partial charge on any atom is -0.488 e. The molecule has 1 aromatic carbocycles. The Kier molecular flexibility index (Phi) is 6.69. The molecular weight excluding hydrogens is 400 g/mol. The average molecular weight is 427 g/mol. The molecule has 0 amide bonds. The van der Waals surface area contributed by atoms with E-state index in [0.29, 0.717) is 6.04 Å². The summed E-state index contributed by atoms with van der Waals surface area (Å²) in [7, 11) is 0. The molecule has 0 spiro atoms. The van der Waals surface area contributed by atoms with Gasteiger partial charge < -0.3 is 9.46 Å². The number of nitrogens with one attached hydrogen (secondary N) is 1. The molecule has 5 nitrogen and oxygen atoms in total. The summed E-state index contributed by atoms with van der Waals surface area (Å²) in [6.07, 6.45) is 4.18. The van der Waals surface area contributed by atoms with Crippen molar-refractivity contribution in [1.29, 1.82) is 0 Å². The van der Waals surface area contributed by atoms with Crippen molar-refractivity contribution in [3.63, 3.8) is 0 Å². The van der Waals surface area contributed by atoms with E-state index in [4.69, 9.17) is 4.74 Å². The van der Waals surface area contributed by atoms with Gasteiger partial charge in [-0.05, 0) is 43.9 Å². The minimum absolute atomic E-state index is 0.251. The van der Waals surface area contributed by atoms with Crippen molar-refractivity contribution in [1.82, 2.24) is 14.9 Å². The number of likely N-dealkylation sites (tertiary alicyclic amines) is 1. The number of thiazole rings is 1. The second-order valence-corrected chi connectivity index (χ2v) is 8.85. The SMILES string of the molecule is Cc1cc(SNc2cscn2)ncc1OC1CCN(C(C)c2ccccc2)CC1. The number of pyridine rings is 1. The topological polar surface area (TPSA) is 50.3 Å². The molecular formula is C22H26N4OS2. The molecule has 1 N–H and O–H groups in total. The number of rotatable bonds is 7. The second kappa shape index (κ2) is 9.61. The lowest BCUT2D eigenvalue weighted by atomic mass is 10.0. The number of hydrogen-bond donors (Lipinski definition) is 1. The summed E-state index contributed by atoms with van der Waals surface area (Å²) in [6.45, 7) is 6.48. The van der Waals surface area contributed by atoms with Gasteiger partial charge in [0.1, 0.15) is 22.7 Å². The number of aryl methyl sites for hydroxylation is 1. The number of nitrogens with zero attached hydrogens (tertiary/aromatic N) is 3. The maximum Gasteiger partial charge on any atom is 0.147 e. The van der Waals surface area contributed by atoms with Gasteiger partial charge in [-0.25, -0.2) is 9.97 Å². The first kappa shape index (κ1) is 20.2. The third kappa shape index (κ3) is 5.29. The normalized spacial score (nSPS) is 16.5. The predicted octanol–water partition coefficient (Wildman–Crippen LogP) is 5.57. The van der Waals surface area contributed by atoms with Crippen molar-refractivity contribution in [2.24, 2.45) is 0 Å². The monoisotopic (exact) mass is 426 g/mol. The van der Waals surface area contributed by atoms with Gasteiger partial charge in [0.15, 0.2) is 0 Å². The molecule has 0 aliphatic carbocycles. The highest BCUT2D eigenvalue weighted by molar-refractivity contribution is 8.00. The highest BCUT2D eigenvalue weighted by Gasteiger charge is 2.25. The Balaban J connectivity index is 1.29. The van der Waals surface area contributed by atoms with Crippen LogP contribution in [0.25, 0.3) is 0 Å². The van der Waals surface area contributed by atoms with E-state index < -0.39 is 0 Å². The third-order valence-electron chi connectivity index (χ3n) is 5.33. The molecule has 1 aliphatic heterocycles. The lowest BCUT2D eigenvalue weighted by Gasteiger charge is -2.36. The molecule has 0 radical (unpaired) electrons. The molecule has 152 valence electrons. The van der Waals surface area contributed by atoms with Gasteiger partial charge in [-0.2, -0.15) is 0 Å². The van der Waals surface area contributed by atoms with Gasteiger partial charge in [-0.15, -0.1) is 11.3 Å². The molecule has 0 saturated carbocycles. The zero-order valence-electron chi connectivity index (χ0n) is 16.7. The van der Waals surface area contributed by atoms with Crippen molar-refractivity contribution in [2.45, 2.75) is 43.9 Å². The van der Waals surface area contributed by atoms with Gasteiger partial charge in [0.25, 0.3) is 0 Å². The molecule has 3 heterocycles. The minimum atomic E-state index is 0.251. The predicted molar refractivity (Wildman–Crippen MR) is 121 cm³/mol. The van der Waals surface area contributed by atoms with Crippen LogP contribution in [0.5, 0.6) is 5.75 Å². The van der Waals surface area contributed by atoms with Gasteiger partial charge >= 0.3 is 0 Å². The Morgan fingerprint density at radius 2 is 2.00 bits per heavy atom. The third-order valence-corrected chi connectivity index (χ3v) is 6.66. The lowest BCUT2D eigenvalue weighted by molar-refractivity contribution is 0.0790. The number of benzene rings is 1. The molecule has 0 bridgehead atoms. The first-order chi connectivity index (χ1) is 14.2. The maximum atomic E-state index is 6.30. The molecule has 4 rings (SSSR count). The van der Waals surface area contributed by atoms with Gasteiger partial charge in [-0.1, -0.05) is 30.3 Å². The largest absolute Gasteiger partial charge is 0.488 e. The van der Waals surface area contributed by atoms with Crippen LogP contribution in [0.2, 0.25) is 0 Å². The van der Waals surface area contributed by atoms with Crippen LogP contribution in [-0.2, 0) is 0 Å². The summed E-state index contributed by atoms with van der Waals surface area (Å²) in [4.78, 5) is 11.3. The van der Waals surface area contributed by atoms with Gasteiger partial charge in [0, 0.05) is 36.5 Å². The standard InChI is InChI=1S/C22H26N4OS2/c1-16-12-22(29-25-21-14-28-15-24-21)23-13-20(16)27-19-8-10-26(11-9-19)17(2)18-6-4-3-5-7-18/h3-7,12-15,17,19,25H,8-11H2,1-2H3. The fourth-order valence-electron chi connectivity index (χ4n) is 3.57. The summed E-state index contributed by atoms with van der Waals surface area (Å²) in [5.41, 5.74) is 4.30. The number of aromatic nitrogens is 2. The van der Waals surface area contributed by atoms with Crippen molar-refractivity contribution in [2.75, 3.05) is 17.8 Å². The molecule has 1 unspecified atom stereocenters. The van der Waals surface area contributed by atoms with Crippen molar-refractivity contribution in [3.05, 3.63) is 64.6 Å². The highest BCUT2D eigenvalue weighted by atomic mass is 32.2. The summed E-state index contributed by atoms with van der Waals surface area (Å²) in [6, 6.07) is 13.2. The maximum absolute atomic E-state index is 6.30. The van der Waals surface area contributed by atoms with Gasteiger partial charge in [-0.3, -0.25) is 4.90 Å². The number of anilines is 1. The second-order valence-electron chi connectivity index (χ2n) is 7.31. The van der Waals surface area contributed by atoms with Gasteiger partial charge in [0.2, 0.25) is 0 Å². The smallest absolute Gasteiger partial charge is 0.147 e. The number of hydrogen-bond acceptors (Lipinski definition) is 7. The molecule has 1 atom stereocenters. The molecule has 29 heavy (non-hydrogen) atoms. The zero-order chi connectivity index (χ0) is 20.1. The first-order valence-corrected chi connectivity index (χ1v) is 11.7. The fourth-order valence-corrected chi connectivity index (χ4v) is 4.79. The van der Waals surface area contributed by atoms with Crippen LogP contribution in [-0.4, -0.2) is 34.1 Å². The Labute approximate surface area is 180 Å². The molecule has 2 aromatic heterocycles. The first-order valence-electron chi connectivity index (χ1n) is 9.92. The Bertz CT molecular complexity index is 896. The van der Waals surface area contributed by atoms with E-state index in [-0.39, 0.29) is 6.10 Å². The highest BCUT2D eigenvalue weighted by Crippen LogP contribution is 2.29. The van der Waals surface area contributed by atoms with Crippen molar-refractivity contribution < 1.29 is 4.74 Å². The lowest BCUT2D eigenvalue weighted by Crippen LogP contribution is -2.39. The van der Waals surface area contributed by atoms with E-state index in [1.54, 1.807) is 11.3 Å². The summed E-state index contributed by atoms with van der Waals surface area (Å²) in [5, 5.41) is 2.89. The average Bonchev–Trinajstić information content (AvgIpc) is 3.28. The molecule has 1 saturated heterocycles. The van der Waals surface area contributed by atoms with Gasteiger partial charge in [0.05, 0.1) is 11.7 Å². The van der Waals surface area contributed by atoms with E-state index in [0.717, 1.165) is 48.1 Å². The summed E-state index contributed by atoms with van der Waals surface area (Å²) >= 11 is 3.04. The van der Waals surface area contributed by atoms with Crippen LogP contribution in [0.1, 0.15) is 36.9 Å². The molecule has 7 heteroatoms. The Morgan fingerprint density at radius 1 is 1.21 bits per heavy atom. The summed E-state index contributed by atoms with van der Waals surface area (Å²) < 4.78 is 9.50. The van der Waals surface area contributed by atoms with Crippen LogP contribution < -0.4 is 9.46 Å². The quantitative estimate of drug-likeness (QED) is 0.499. The van der Waals surface area contributed by atoms with Crippen LogP contribution in [0, 0.1) is 6.92 Å². The van der Waals surface area contributed by atoms with Crippen LogP contribution in [0.3, 0.4) is 0 Å². The summed E-state index contributed by atoms with van der Waals surface area (Å²) in [5.74, 6) is 1.74. The number of ether oxygens (including phenoxy) is 1.